The van der Waals surface area contributed by atoms with Gasteiger partial charge in [-0.3, -0.25) is 0 Å². The second kappa shape index (κ2) is 4.58. The molecule has 0 atom stereocenters. The Morgan fingerprint density at radius 3 is 2.69 bits per heavy atom. The first-order chi connectivity index (χ1) is 6.16. The van der Waals surface area contributed by atoms with Gasteiger partial charge < -0.3 is 10.2 Å². The van der Waals surface area contributed by atoms with E-state index in [1.807, 2.05) is 0 Å². The van der Waals surface area contributed by atoms with E-state index in [2.05, 4.69) is 15.9 Å². The molecule has 0 saturated carbocycles. The van der Waals surface area contributed by atoms with Gasteiger partial charge in [0, 0.05) is 6.61 Å². The number of benzene rings is 1. The Hall–Kier alpha value is -0.610. The van der Waals surface area contributed by atoms with Crippen molar-refractivity contribution in [3.63, 3.8) is 0 Å². The van der Waals surface area contributed by atoms with Gasteiger partial charge in [0.25, 0.3) is 0 Å². The van der Waals surface area contributed by atoms with Gasteiger partial charge in [0.15, 0.2) is 0 Å². The summed E-state index contributed by atoms with van der Waals surface area (Å²) in [7, 11) is 0. The van der Waals surface area contributed by atoms with Gasteiger partial charge >= 0.3 is 0 Å². The summed E-state index contributed by atoms with van der Waals surface area (Å²) in [6.07, 6.45) is 1.10. The van der Waals surface area contributed by atoms with Gasteiger partial charge in [0.1, 0.15) is 11.6 Å². The molecular formula is C9H10BrFO2. The number of rotatable bonds is 3. The summed E-state index contributed by atoms with van der Waals surface area (Å²) in [6.45, 7) is 0.0639. The highest BCUT2D eigenvalue weighted by Crippen LogP contribution is 2.30. The molecule has 0 aliphatic rings. The molecule has 0 aliphatic heterocycles. The number of hydrogen-bond acceptors (Lipinski definition) is 2. The number of phenolic OH excluding ortho intramolecular Hbond substituents is 1. The minimum absolute atomic E-state index is 0.0639. The molecule has 2 nitrogen and oxygen atoms in total. The predicted octanol–water partition coefficient (Wildman–Crippen LogP) is 2.22. The molecule has 72 valence electrons. The van der Waals surface area contributed by atoms with Gasteiger partial charge in [-0.1, -0.05) is 6.07 Å². The molecule has 1 aromatic carbocycles. The average Bonchev–Trinajstić information content (AvgIpc) is 2.13. The minimum Gasteiger partial charge on any atom is -0.506 e. The van der Waals surface area contributed by atoms with Crippen molar-refractivity contribution in [2.45, 2.75) is 12.8 Å². The molecule has 0 bridgehead atoms. The molecule has 0 heterocycles. The highest BCUT2D eigenvalue weighted by Gasteiger charge is 2.09. The third-order valence-corrected chi connectivity index (χ3v) is 2.51. The molecule has 0 aliphatic carbocycles. The first kappa shape index (κ1) is 10.5. The van der Waals surface area contributed by atoms with Crippen LogP contribution >= 0.6 is 15.9 Å². The maximum atomic E-state index is 12.8. The van der Waals surface area contributed by atoms with Gasteiger partial charge in [-0.05, 0) is 40.4 Å². The van der Waals surface area contributed by atoms with Crippen LogP contribution in [0.1, 0.15) is 12.0 Å². The fraction of sp³-hybridized carbons (Fsp3) is 0.333. The molecule has 1 rings (SSSR count). The second-order valence-corrected chi connectivity index (χ2v) is 3.49. The summed E-state index contributed by atoms with van der Waals surface area (Å²) in [6, 6.07) is 2.81. The van der Waals surface area contributed by atoms with Crippen LogP contribution in [0.25, 0.3) is 0 Å². The zero-order valence-corrected chi connectivity index (χ0v) is 8.51. The van der Waals surface area contributed by atoms with Crippen molar-refractivity contribution in [3.05, 3.63) is 28.0 Å². The maximum Gasteiger partial charge on any atom is 0.141 e. The van der Waals surface area contributed by atoms with Gasteiger partial charge in [0.2, 0.25) is 0 Å². The number of aromatic hydroxyl groups is 1. The van der Waals surface area contributed by atoms with Gasteiger partial charge in [0.05, 0.1) is 4.47 Å². The van der Waals surface area contributed by atoms with E-state index < -0.39 is 5.82 Å². The third kappa shape index (κ3) is 2.42. The number of aliphatic hydroxyl groups is 1. The molecule has 0 amide bonds. The van der Waals surface area contributed by atoms with Crippen LogP contribution in [0, 0.1) is 5.82 Å². The molecule has 0 saturated heterocycles. The molecule has 13 heavy (non-hydrogen) atoms. The van der Waals surface area contributed by atoms with Crippen LogP contribution in [0.2, 0.25) is 0 Å². The Bertz CT molecular complexity index is 302. The van der Waals surface area contributed by atoms with E-state index in [0.717, 1.165) is 0 Å². The van der Waals surface area contributed by atoms with Crippen molar-refractivity contribution in [2.24, 2.45) is 0 Å². The Balaban J connectivity index is 2.90. The Kier molecular flexibility index (Phi) is 3.69. The molecule has 0 unspecified atom stereocenters. The number of halogens is 2. The molecule has 4 heteroatoms. The van der Waals surface area contributed by atoms with E-state index in [-0.39, 0.29) is 16.8 Å². The topological polar surface area (TPSA) is 40.5 Å². The lowest BCUT2D eigenvalue weighted by Gasteiger charge is -2.05. The van der Waals surface area contributed by atoms with Crippen LogP contribution in [0.5, 0.6) is 5.75 Å². The molecule has 0 fully saturated rings. The Morgan fingerprint density at radius 1 is 1.38 bits per heavy atom. The quantitative estimate of drug-likeness (QED) is 0.862. The van der Waals surface area contributed by atoms with E-state index in [4.69, 9.17) is 5.11 Å². The Labute approximate surface area is 84.1 Å². The fourth-order valence-electron chi connectivity index (χ4n) is 1.05. The maximum absolute atomic E-state index is 12.8. The normalized spacial score (nSPS) is 10.4. The van der Waals surface area contributed by atoms with Gasteiger partial charge in [-0.2, -0.15) is 0 Å². The average molecular weight is 249 g/mol. The predicted molar refractivity (Wildman–Crippen MR) is 51.2 cm³/mol. The summed E-state index contributed by atoms with van der Waals surface area (Å²) in [5.74, 6) is -0.557. The fourth-order valence-corrected chi connectivity index (χ4v) is 1.44. The molecule has 0 aromatic heterocycles. The standard InChI is InChI=1S/C9H10BrFO2/c10-8-7(11)4-3-6(9(8)13)2-1-5-12/h3-4,12-13H,1-2,5H2. The van der Waals surface area contributed by atoms with Crippen LogP contribution in [0.3, 0.4) is 0 Å². The first-order valence-corrected chi connectivity index (χ1v) is 4.73. The van der Waals surface area contributed by atoms with Crippen LogP contribution in [-0.4, -0.2) is 16.8 Å². The van der Waals surface area contributed by atoms with Crippen molar-refractivity contribution in [1.82, 2.24) is 0 Å². The third-order valence-electron chi connectivity index (χ3n) is 1.76. The van der Waals surface area contributed by atoms with Gasteiger partial charge in [-0.15, -0.1) is 0 Å². The summed E-state index contributed by atoms with van der Waals surface area (Å²) in [5, 5.41) is 18.0. The largest absolute Gasteiger partial charge is 0.506 e. The van der Waals surface area contributed by atoms with Crippen LogP contribution in [0.4, 0.5) is 4.39 Å². The monoisotopic (exact) mass is 248 g/mol. The SMILES string of the molecule is OCCCc1ccc(F)c(Br)c1O. The highest BCUT2D eigenvalue weighted by atomic mass is 79.9. The summed E-state index contributed by atoms with van der Waals surface area (Å²) in [4.78, 5) is 0. The lowest BCUT2D eigenvalue weighted by Crippen LogP contribution is -1.91. The molecule has 0 spiro atoms. The Morgan fingerprint density at radius 2 is 2.08 bits per heavy atom. The van der Waals surface area contributed by atoms with Crippen molar-refractivity contribution in [2.75, 3.05) is 6.61 Å². The van der Waals surface area contributed by atoms with Crippen molar-refractivity contribution in [3.8, 4) is 5.75 Å². The smallest absolute Gasteiger partial charge is 0.141 e. The molecule has 1 aromatic rings. The number of aryl methyl sites for hydroxylation is 1. The van der Waals surface area contributed by atoms with Crippen molar-refractivity contribution < 1.29 is 14.6 Å². The van der Waals surface area contributed by atoms with E-state index in [0.29, 0.717) is 18.4 Å². The summed E-state index contributed by atoms with van der Waals surface area (Å²) >= 11 is 2.93. The summed E-state index contributed by atoms with van der Waals surface area (Å²) < 4.78 is 12.9. The molecule has 2 N–H and O–H groups in total. The number of phenols is 1. The van der Waals surface area contributed by atoms with Gasteiger partial charge in [-0.25, -0.2) is 4.39 Å². The second-order valence-electron chi connectivity index (χ2n) is 2.70. The first-order valence-electron chi connectivity index (χ1n) is 3.93. The van der Waals surface area contributed by atoms with E-state index in [1.54, 1.807) is 0 Å². The van der Waals surface area contributed by atoms with Crippen LogP contribution in [0.15, 0.2) is 16.6 Å². The van der Waals surface area contributed by atoms with E-state index in [1.165, 1.54) is 12.1 Å². The van der Waals surface area contributed by atoms with Crippen LogP contribution in [-0.2, 0) is 6.42 Å². The van der Waals surface area contributed by atoms with E-state index >= 15 is 0 Å². The minimum atomic E-state index is -0.481. The highest BCUT2D eigenvalue weighted by molar-refractivity contribution is 9.10. The summed E-state index contributed by atoms with van der Waals surface area (Å²) in [5.41, 5.74) is 0.641. The number of hydrogen-bond donors (Lipinski definition) is 2. The molecule has 0 radical (unpaired) electrons. The van der Waals surface area contributed by atoms with Crippen molar-refractivity contribution in [1.29, 1.82) is 0 Å². The number of aliphatic hydroxyl groups excluding tert-OH is 1. The lowest BCUT2D eigenvalue weighted by molar-refractivity contribution is 0.288. The lowest BCUT2D eigenvalue weighted by atomic mass is 10.1. The van der Waals surface area contributed by atoms with Crippen LogP contribution < -0.4 is 0 Å². The zero-order chi connectivity index (χ0) is 9.84. The van der Waals surface area contributed by atoms with E-state index in [9.17, 15) is 9.50 Å². The zero-order valence-electron chi connectivity index (χ0n) is 6.93. The van der Waals surface area contributed by atoms with Crippen molar-refractivity contribution >= 4 is 15.9 Å². The molecular weight excluding hydrogens is 239 g/mol.